The second-order valence-corrected chi connectivity index (χ2v) is 6.59. The molecule has 19 heavy (non-hydrogen) atoms. The number of aryl methyl sites for hydroxylation is 1. The Hall–Kier alpha value is -1.11. The van der Waals surface area contributed by atoms with E-state index < -0.39 is 10.2 Å². The predicted octanol–water partition coefficient (Wildman–Crippen LogP) is 1.46. The van der Waals surface area contributed by atoms with Crippen molar-refractivity contribution in [1.82, 2.24) is 4.31 Å². The maximum Gasteiger partial charge on any atom is 0.301 e. The highest BCUT2D eigenvalue weighted by Crippen LogP contribution is 2.21. The molecule has 1 fully saturated rings. The van der Waals surface area contributed by atoms with Crippen molar-refractivity contribution in [3.8, 4) is 0 Å². The molecule has 0 bridgehead atoms. The first-order chi connectivity index (χ1) is 9.03. The van der Waals surface area contributed by atoms with Gasteiger partial charge in [-0.1, -0.05) is 24.1 Å². The van der Waals surface area contributed by atoms with Crippen LogP contribution in [0.25, 0.3) is 0 Å². The summed E-state index contributed by atoms with van der Waals surface area (Å²) in [5, 5.41) is 0. The minimum Gasteiger partial charge on any atom is -0.329 e. The third-order valence-corrected chi connectivity index (χ3v) is 5.04. The Balaban J connectivity index is 2.14. The summed E-state index contributed by atoms with van der Waals surface area (Å²) in [6.07, 6.45) is 2.77. The fourth-order valence-electron chi connectivity index (χ4n) is 2.36. The van der Waals surface area contributed by atoms with Crippen LogP contribution in [-0.4, -0.2) is 31.9 Å². The van der Waals surface area contributed by atoms with E-state index >= 15 is 0 Å². The van der Waals surface area contributed by atoms with Gasteiger partial charge in [-0.15, -0.1) is 0 Å². The van der Waals surface area contributed by atoms with E-state index in [0.717, 1.165) is 24.8 Å². The van der Waals surface area contributed by atoms with Crippen LogP contribution in [0.4, 0.5) is 5.69 Å². The van der Waals surface area contributed by atoms with Crippen molar-refractivity contribution < 1.29 is 8.42 Å². The van der Waals surface area contributed by atoms with Crippen LogP contribution in [0, 0.1) is 6.92 Å². The quantitative estimate of drug-likeness (QED) is 0.878. The molecule has 5 nitrogen and oxygen atoms in total. The van der Waals surface area contributed by atoms with E-state index in [1.165, 1.54) is 4.31 Å². The zero-order valence-corrected chi connectivity index (χ0v) is 12.0. The van der Waals surface area contributed by atoms with Crippen LogP contribution in [0.3, 0.4) is 0 Å². The normalized spacial score (nSPS) is 21.3. The van der Waals surface area contributed by atoms with Crippen molar-refractivity contribution in [1.29, 1.82) is 0 Å². The van der Waals surface area contributed by atoms with Crippen molar-refractivity contribution in [2.24, 2.45) is 5.73 Å². The topological polar surface area (TPSA) is 75.4 Å². The number of rotatable bonds is 4. The monoisotopic (exact) mass is 283 g/mol. The molecular formula is C13H21N3O2S. The lowest BCUT2D eigenvalue weighted by Crippen LogP contribution is -2.49. The molecule has 1 aromatic carbocycles. The summed E-state index contributed by atoms with van der Waals surface area (Å²) in [4.78, 5) is 0. The number of piperidine rings is 1. The van der Waals surface area contributed by atoms with Gasteiger partial charge in [-0.2, -0.15) is 12.7 Å². The molecule has 1 atom stereocenters. The highest BCUT2D eigenvalue weighted by Gasteiger charge is 2.31. The molecule has 1 heterocycles. The van der Waals surface area contributed by atoms with Crippen LogP contribution >= 0.6 is 0 Å². The van der Waals surface area contributed by atoms with Gasteiger partial charge in [0.1, 0.15) is 0 Å². The highest BCUT2D eigenvalue weighted by atomic mass is 32.2. The van der Waals surface area contributed by atoms with Gasteiger partial charge in [0.15, 0.2) is 0 Å². The molecule has 0 radical (unpaired) electrons. The molecule has 6 heteroatoms. The number of benzene rings is 1. The van der Waals surface area contributed by atoms with Gasteiger partial charge in [-0.3, -0.25) is 4.72 Å². The van der Waals surface area contributed by atoms with Crippen LogP contribution in [0.2, 0.25) is 0 Å². The molecule has 0 saturated carbocycles. The van der Waals surface area contributed by atoms with Crippen molar-refractivity contribution in [2.45, 2.75) is 32.2 Å². The second-order valence-electron chi connectivity index (χ2n) is 4.97. The van der Waals surface area contributed by atoms with Gasteiger partial charge in [-0.05, 0) is 31.9 Å². The van der Waals surface area contributed by atoms with Crippen molar-refractivity contribution >= 4 is 15.9 Å². The SMILES string of the molecule is Cc1ccc(NS(=O)(=O)N2CCCCC2CN)cc1. The van der Waals surface area contributed by atoms with Crippen molar-refractivity contribution in [3.63, 3.8) is 0 Å². The summed E-state index contributed by atoms with van der Waals surface area (Å²) >= 11 is 0. The molecule has 1 aliphatic heterocycles. The van der Waals surface area contributed by atoms with E-state index in [-0.39, 0.29) is 6.04 Å². The first kappa shape index (κ1) is 14.3. The summed E-state index contributed by atoms with van der Waals surface area (Å²) in [6, 6.07) is 7.22. The van der Waals surface area contributed by atoms with E-state index in [2.05, 4.69) is 4.72 Å². The molecule has 3 N–H and O–H groups in total. The number of anilines is 1. The van der Waals surface area contributed by atoms with Crippen LogP contribution in [0.1, 0.15) is 24.8 Å². The van der Waals surface area contributed by atoms with Crippen molar-refractivity contribution in [3.05, 3.63) is 29.8 Å². The molecule has 0 spiro atoms. The van der Waals surface area contributed by atoms with E-state index in [0.29, 0.717) is 18.8 Å². The number of nitrogens with zero attached hydrogens (tertiary/aromatic N) is 1. The van der Waals surface area contributed by atoms with Crippen LogP contribution in [0.5, 0.6) is 0 Å². The smallest absolute Gasteiger partial charge is 0.301 e. The van der Waals surface area contributed by atoms with Gasteiger partial charge in [0.2, 0.25) is 0 Å². The first-order valence-corrected chi connectivity index (χ1v) is 8.03. The van der Waals surface area contributed by atoms with Crippen LogP contribution < -0.4 is 10.5 Å². The summed E-state index contributed by atoms with van der Waals surface area (Å²) < 4.78 is 28.9. The zero-order chi connectivity index (χ0) is 13.9. The van der Waals surface area contributed by atoms with E-state index in [1.807, 2.05) is 19.1 Å². The number of hydrogen-bond acceptors (Lipinski definition) is 3. The first-order valence-electron chi connectivity index (χ1n) is 6.59. The Morgan fingerprint density at radius 2 is 2.00 bits per heavy atom. The van der Waals surface area contributed by atoms with E-state index in [1.54, 1.807) is 12.1 Å². The zero-order valence-electron chi connectivity index (χ0n) is 11.2. The van der Waals surface area contributed by atoms with Gasteiger partial charge in [0.25, 0.3) is 0 Å². The molecule has 106 valence electrons. The van der Waals surface area contributed by atoms with Crippen molar-refractivity contribution in [2.75, 3.05) is 17.8 Å². The largest absolute Gasteiger partial charge is 0.329 e. The van der Waals surface area contributed by atoms with E-state index in [9.17, 15) is 8.42 Å². The Labute approximate surface area is 115 Å². The average Bonchev–Trinajstić information content (AvgIpc) is 2.41. The average molecular weight is 283 g/mol. The maximum atomic E-state index is 12.4. The maximum absolute atomic E-state index is 12.4. The summed E-state index contributed by atoms with van der Waals surface area (Å²) in [5.74, 6) is 0. The molecule has 1 unspecified atom stereocenters. The molecule has 1 aliphatic rings. The Kier molecular flexibility index (Phi) is 4.44. The van der Waals surface area contributed by atoms with Gasteiger partial charge < -0.3 is 5.73 Å². The van der Waals surface area contributed by atoms with Crippen LogP contribution in [0.15, 0.2) is 24.3 Å². The molecule has 0 aromatic heterocycles. The fraction of sp³-hybridized carbons (Fsp3) is 0.538. The molecular weight excluding hydrogens is 262 g/mol. The van der Waals surface area contributed by atoms with E-state index in [4.69, 9.17) is 5.73 Å². The Morgan fingerprint density at radius 3 is 2.63 bits per heavy atom. The highest BCUT2D eigenvalue weighted by molar-refractivity contribution is 7.90. The van der Waals surface area contributed by atoms with Gasteiger partial charge >= 0.3 is 10.2 Å². The van der Waals surface area contributed by atoms with Crippen LogP contribution in [-0.2, 0) is 10.2 Å². The fourth-order valence-corrected chi connectivity index (χ4v) is 3.86. The lowest BCUT2D eigenvalue weighted by molar-refractivity contribution is 0.259. The standard InChI is InChI=1S/C13H21N3O2S/c1-11-5-7-12(8-6-11)15-19(17,18)16-9-3-2-4-13(16)10-14/h5-8,13,15H,2-4,9-10,14H2,1H3. The third kappa shape index (κ3) is 3.46. The second kappa shape index (κ2) is 5.90. The number of nitrogens with two attached hydrogens (primary N) is 1. The molecule has 1 aromatic rings. The lowest BCUT2D eigenvalue weighted by atomic mass is 10.1. The Morgan fingerprint density at radius 1 is 1.32 bits per heavy atom. The number of nitrogens with one attached hydrogen (secondary N) is 1. The lowest BCUT2D eigenvalue weighted by Gasteiger charge is -2.33. The molecule has 0 aliphatic carbocycles. The number of hydrogen-bond donors (Lipinski definition) is 2. The predicted molar refractivity (Wildman–Crippen MR) is 77.1 cm³/mol. The minimum absolute atomic E-state index is 0.0864. The molecule has 1 saturated heterocycles. The van der Waals surface area contributed by atoms with Gasteiger partial charge in [-0.25, -0.2) is 0 Å². The van der Waals surface area contributed by atoms with Gasteiger partial charge in [0, 0.05) is 24.8 Å². The van der Waals surface area contributed by atoms with Gasteiger partial charge in [0.05, 0.1) is 0 Å². The summed E-state index contributed by atoms with van der Waals surface area (Å²) in [5.41, 5.74) is 7.36. The summed E-state index contributed by atoms with van der Waals surface area (Å²) in [7, 11) is -3.51. The minimum atomic E-state index is -3.51. The molecule has 0 amide bonds. The third-order valence-electron chi connectivity index (χ3n) is 3.45. The molecule has 2 rings (SSSR count). The summed E-state index contributed by atoms with van der Waals surface area (Å²) in [6.45, 7) is 2.88. The Bertz CT molecular complexity index is 513.